The summed E-state index contributed by atoms with van der Waals surface area (Å²) in [4.78, 5) is 23.1. The fourth-order valence-electron chi connectivity index (χ4n) is 2.80. The number of aromatic nitrogens is 3. The van der Waals surface area contributed by atoms with Crippen molar-refractivity contribution in [1.29, 1.82) is 0 Å². The van der Waals surface area contributed by atoms with Gasteiger partial charge in [0, 0.05) is 45.3 Å². The van der Waals surface area contributed by atoms with E-state index in [2.05, 4.69) is 15.3 Å². The van der Waals surface area contributed by atoms with Gasteiger partial charge in [-0.25, -0.2) is 4.98 Å². The van der Waals surface area contributed by atoms with E-state index in [0.29, 0.717) is 18.8 Å². The second-order valence-corrected chi connectivity index (χ2v) is 5.60. The molecule has 1 aliphatic rings. The largest absolute Gasteiger partial charge is 0.479 e. The summed E-state index contributed by atoms with van der Waals surface area (Å²) in [5.74, 6) is 1.43. The van der Waals surface area contributed by atoms with Crippen LogP contribution in [0.2, 0.25) is 0 Å². The first-order valence-electron chi connectivity index (χ1n) is 7.72. The number of amides is 1. The predicted octanol–water partition coefficient (Wildman–Crippen LogP) is 0.755. The van der Waals surface area contributed by atoms with Crippen molar-refractivity contribution in [2.75, 3.05) is 19.6 Å². The number of aryl methyl sites for hydroxylation is 1. The van der Waals surface area contributed by atoms with Crippen molar-refractivity contribution >= 4 is 5.91 Å². The number of carbonyl (C=O) groups is 1. The van der Waals surface area contributed by atoms with Crippen molar-refractivity contribution in [1.82, 2.24) is 24.8 Å². The molecule has 3 heterocycles. The number of hydrogen-bond donors (Lipinski definition) is 1. The lowest BCUT2D eigenvalue weighted by molar-refractivity contribution is -0.141. The minimum absolute atomic E-state index is 0.0386. The van der Waals surface area contributed by atoms with Gasteiger partial charge in [-0.3, -0.25) is 9.78 Å². The Hall–Kier alpha value is -2.41. The molecule has 1 aliphatic heterocycles. The number of carbonyl (C=O) groups excluding carboxylic acids is 1. The normalized spacial score (nSPS) is 19.4. The lowest BCUT2D eigenvalue weighted by Gasteiger charge is -2.37. The summed E-state index contributed by atoms with van der Waals surface area (Å²) in [6.45, 7) is 3.87. The topological polar surface area (TPSA) is 72.3 Å². The van der Waals surface area contributed by atoms with Gasteiger partial charge in [-0.05, 0) is 19.1 Å². The summed E-state index contributed by atoms with van der Waals surface area (Å²) in [6.07, 6.45) is 6.36. The summed E-state index contributed by atoms with van der Waals surface area (Å²) in [5, 5.41) is 3.33. The molecule has 1 saturated heterocycles. The van der Waals surface area contributed by atoms with Crippen LogP contribution in [0.5, 0.6) is 5.75 Å². The standard InChI is InChI=1S/C16H21N5O2/c1-12(23-13-4-3-5-17-10-13)16(22)21-9-6-18-11-14(21)15-19-7-8-20(15)2/h3-5,7-8,10,12,14,18H,6,9,11H2,1-2H3. The summed E-state index contributed by atoms with van der Waals surface area (Å²) in [6, 6.07) is 3.50. The van der Waals surface area contributed by atoms with Gasteiger partial charge in [-0.1, -0.05) is 0 Å². The number of imidazole rings is 1. The third kappa shape index (κ3) is 3.34. The van der Waals surface area contributed by atoms with Gasteiger partial charge in [0.15, 0.2) is 6.10 Å². The summed E-state index contributed by atoms with van der Waals surface area (Å²) >= 11 is 0. The van der Waals surface area contributed by atoms with Crippen LogP contribution >= 0.6 is 0 Å². The quantitative estimate of drug-likeness (QED) is 0.902. The number of pyridine rings is 1. The highest BCUT2D eigenvalue weighted by Crippen LogP contribution is 2.22. The molecular weight excluding hydrogens is 294 g/mol. The van der Waals surface area contributed by atoms with Crippen LogP contribution in [0.3, 0.4) is 0 Å². The Labute approximate surface area is 135 Å². The zero-order valence-corrected chi connectivity index (χ0v) is 13.3. The molecule has 2 aromatic rings. The molecule has 2 atom stereocenters. The molecule has 23 heavy (non-hydrogen) atoms. The van der Waals surface area contributed by atoms with Gasteiger partial charge in [0.2, 0.25) is 0 Å². The van der Waals surface area contributed by atoms with Crippen LogP contribution in [0.15, 0.2) is 36.9 Å². The molecule has 3 rings (SSSR count). The van der Waals surface area contributed by atoms with Crippen LogP contribution in [0.1, 0.15) is 18.8 Å². The van der Waals surface area contributed by atoms with E-state index in [9.17, 15) is 4.79 Å². The molecule has 0 spiro atoms. The van der Waals surface area contributed by atoms with Gasteiger partial charge in [-0.2, -0.15) is 0 Å². The smallest absolute Gasteiger partial charge is 0.264 e. The van der Waals surface area contributed by atoms with Crippen molar-refractivity contribution in [2.45, 2.75) is 19.1 Å². The average molecular weight is 315 g/mol. The molecule has 0 aliphatic carbocycles. The first-order chi connectivity index (χ1) is 11.2. The first-order valence-corrected chi connectivity index (χ1v) is 7.72. The number of nitrogens with one attached hydrogen (secondary N) is 1. The zero-order chi connectivity index (χ0) is 16.2. The van der Waals surface area contributed by atoms with Crippen molar-refractivity contribution in [3.8, 4) is 5.75 Å². The van der Waals surface area contributed by atoms with Gasteiger partial charge < -0.3 is 19.5 Å². The minimum Gasteiger partial charge on any atom is -0.479 e. The molecule has 1 fully saturated rings. The molecular formula is C16H21N5O2. The Morgan fingerprint density at radius 3 is 3.04 bits per heavy atom. The maximum atomic E-state index is 12.8. The molecule has 1 N–H and O–H groups in total. The predicted molar refractivity (Wildman–Crippen MR) is 84.9 cm³/mol. The lowest BCUT2D eigenvalue weighted by atomic mass is 10.1. The highest BCUT2D eigenvalue weighted by molar-refractivity contribution is 5.81. The Kier molecular flexibility index (Phi) is 4.57. The Balaban J connectivity index is 1.75. The van der Waals surface area contributed by atoms with E-state index in [1.54, 1.807) is 37.6 Å². The van der Waals surface area contributed by atoms with Crippen LogP contribution in [0.4, 0.5) is 0 Å². The monoisotopic (exact) mass is 315 g/mol. The second-order valence-electron chi connectivity index (χ2n) is 5.60. The van der Waals surface area contributed by atoms with Crippen molar-refractivity contribution in [2.24, 2.45) is 7.05 Å². The maximum absolute atomic E-state index is 12.8. The van der Waals surface area contributed by atoms with Crippen molar-refractivity contribution < 1.29 is 9.53 Å². The number of ether oxygens (including phenoxy) is 1. The van der Waals surface area contributed by atoms with Gasteiger partial charge in [0.05, 0.1) is 6.20 Å². The average Bonchev–Trinajstić information content (AvgIpc) is 3.01. The second kappa shape index (κ2) is 6.78. The molecule has 0 aromatic carbocycles. The first kappa shape index (κ1) is 15.5. The van der Waals surface area contributed by atoms with E-state index in [4.69, 9.17) is 4.74 Å². The van der Waals surface area contributed by atoms with Gasteiger partial charge >= 0.3 is 0 Å². The molecule has 0 saturated carbocycles. The maximum Gasteiger partial charge on any atom is 0.264 e. The van der Waals surface area contributed by atoms with E-state index >= 15 is 0 Å². The molecule has 122 valence electrons. The number of hydrogen-bond acceptors (Lipinski definition) is 5. The van der Waals surface area contributed by atoms with Crippen LogP contribution in [-0.2, 0) is 11.8 Å². The molecule has 7 heteroatoms. The fraction of sp³-hybridized carbons (Fsp3) is 0.438. The Bertz CT molecular complexity index is 658. The van der Waals surface area contributed by atoms with Gasteiger partial charge in [0.1, 0.15) is 17.6 Å². The summed E-state index contributed by atoms with van der Waals surface area (Å²) < 4.78 is 7.67. The third-order valence-electron chi connectivity index (χ3n) is 3.98. The SMILES string of the molecule is CC(Oc1cccnc1)C(=O)N1CCNCC1c1nccn1C. The summed E-state index contributed by atoms with van der Waals surface area (Å²) in [7, 11) is 1.94. The number of piperazine rings is 1. The minimum atomic E-state index is -0.569. The van der Waals surface area contributed by atoms with Crippen LogP contribution in [0.25, 0.3) is 0 Å². The van der Waals surface area contributed by atoms with Gasteiger partial charge in [-0.15, -0.1) is 0 Å². The van der Waals surface area contributed by atoms with E-state index in [-0.39, 0.29) is 11.9 Å². The Morgan fingerprint density at radius 2 is 2.35 bits per heavy atom. The molecule has 7 nitrogen and oxygen atoms in total. The molecule has 0 bridgehead atoms. The van der Waals surface area contributed by atoms with Crippen LogP contribution < -0.4 is 10.1 Å². The number of rotatable bonds is 4. The van der Waals surface area contributed by atoms with E-state index < -0.39 is 6.10 Å². The van der Waals surface area contributed by atoms with Crippen molar-refractivity contribution in [3.05, 3.63) is 42.7 Å². The highest BCUT2D eigenvalue weighted by Gasteiger charge is 2.33. The fourth-order valence-corrected chi connectivity index (χ4v) is 2.80. The van der Waals surface area contributed by atoms with E-state index in [0.717, 1.165) is 12.4 Å². The molecule has 2 aromatic heterocycles. The van der Waals surface area contributed by atoms with Crippen LogP contribution in [-0.4, -0.2) is 51.1 Å². The zero-order valence-electron chi connectivity index (χ0n) is 13.3. The summed E-state index contributed by atoms with van der Waals surface area (Å²) in [5.41, 5.74) is 0. The molecule has 0 radical (unpaired) electrons. The van der Waals surface area contributed by atoms with E-state index in [1.165, 1.54) is 0 Å². The van der Waals surface area contributed by atoms with Crippen molar-refractivity contribution in [3.63, 3.8) is 0 Å². The van der Waals surface area contributed by atoms with Crippen LogP contribution in [0, 0.1) is 0 Å². The third-order valence-corrected chi connectivity index (χ3v) is 3.98. The molecule has 1 amide bonds. The highest BCUT2D eigenvalue weighted by atomic mass is 16.5. The molecule has 2 unspecified atom stereocenters. The van der Waals surface area contributed by atoms with E-state index in [1.807, 2.05) is 22.7 Å². The van der Waals surface area contributed by atoms with Gasteiger partial charge in [0.25, 0.3) is 5.91 Å². The Morgan fingerprint density at radius 1 is 1.48 bits per heavy atom. The number of nitrogens with zero attached hydrogens (tertiary/aromatic N) is 4. The lowest BCUT2D eigenvalue weighted by Crippen LogP contribution is -2.52.